The van der Waals surface area contributed by atoms with Crippen LogP contribution in [0.5, 0.6) is 0 Å². The molecule has 2 unspecified atom stereocenters. The van der Waals surface area contributed by atoms with Crippen molar-refractivity contribution in [2.45, 2.75) is 443 Å². The fourth-order valence-electron chi connectivity index (χ4n) is 12.2. The standard InChI is InChI=1S/C79H151NO5/c1-3-5-7-9-11-13-15-17-18-19-39-43-46-49-53-57-61-65-69-73-79(84)85-74-70-66-62-58-54-50-47-44-41-38-36-34-32-30-28-26-24-22-20-21-23-25-27-29-31-33-35-37-40-42-45-48-52-56-60-64-68-72-78(83)80-76(75-81)77(82)71-67-63-59-55-51-16-14-12-10-8-6-4-2/h17-18,20,22,67,71,76-77,81-82H,3-16,19,21,23-66,68-70,72-75H2,1-2H3,(H,80,83)/b18-17-,22-20-,71-67+. The fraction of sp³-hybridized carbons (Fsp3) is 0.899. The summed E-state index contributed by atoms with van der Waals surface area (Å²) in [7, 11) is 0. The van der Waals surface area contributed by atoms with Gasteiger partial charge in [-0.3, -0.25) is 9.59 Å². The van der Waals surface area contributed by atoms with E-state index >= 15 is 0 Å². The molecule has 0 fully saturated rings. The molecule has 3 N–H and O–H groups in total. The van der Waals surface area contributed by atoms with Gasteiger partial charge in [0.25, 0.3) is 0 Å². The number of rotatable bonds is 73. The summed E-state index contributed by atoms with van der Waals surface area (Å²) in [6, 6.07) is -0.624. The van der Waals surface area contributed by atoms with Gasteiger partial charge in [-0.2, -0.15) is 0 Å². The maximum absolute atomic E-state index is 12.5. The van der Waals surface area contributed by atoms with Crippen molar-refractivity contribution in [3.05, 3.63) is 36.5 Å². The topological polar surface area (TPSA) is 95.9 Å². The van der Waals surface area contributed by atoms with E-state index in [1.807, 2.05) is 6.08 Å². The Labute approximate surface area is 532 Å². The van der Waals surface area contributed by atoms with Crippen molar-refractivity contribution in [3.8, 4) is 0 Å². The van der Waals surface area contributed by atoms with Crippen LogP contribution >= 0.6 is 0 Å². The van der Waals surface area contributed by atoms with E-state index in [4.69, 9.17) is 4.74 Å². The molecule has 0 aromatic rings. The van der Waals surface area contributed by atoms with Gasteiger partial charge in [0.2, 0.25) is 5.91 Å². The molecule has 6 nitrogen and oxygen atoms in total. The number of aliphatic hydroxyl groups is 2. The van der Waals surface area contributed by atoms with Crippen LogP contribution in [0.4, 0.5) is 0 Å². The molecule has 502 valence electrons. The normalized spacial score (nSPS) is 12.7. The molecule has 0 aromatic carbocycles. The van der Waals surface area contributed by atoms with E-state index in [0.29, 0.717) is 19.4 Å². The molecule has 2 atom stereocenters. The van der Waals surface area contributed by atoms with Gasteiger partial charge in [0.15, 0.2) is 0 Å². The number of carbonyl (C=O) groups is 2. The first kappa shape index (κ1) is 83.1. The molecule has 6 heteroatoms. The van der Waals surface area contributed by atoms with Gasteiger partial charge >= 0.3 is 5.97 Å². The van der Waals surface area contributed by atoms with Crippen LogP contribution in [0.25, 0.3) is 0 Å². The summed E-state index contributed by atoms with van der Waals surface area (Å²) in [5.74, 6) is -0.0414. The van der Waals surface area contributed by atoms with Gasteiger partial charge in [-0.1, -0.05) is 371 Å². The maximum atomic E-state index is 12.5. The number of ether oxygens (including phenoxy) is 1. The Morgan fingerprint density at radius 2 is 0.553 bits per heavy atom. The van der Waals surface area contributed by atoms with E-state index in [1.165, 1.54) is 366 Å². The number of nitrogens with one attached hydrogen (secondary N) is 1. The second-order valence-corrected chi connectivity index (χ2v) is 26.7. The fourth-order valence-corrected chi connectivity index (χ4v) is 12.2. The lowest BCUT2D eigenvalue weighted by molar-refractivity contribution is -0.143. The number of hydrogen-bond donors (Lipinski definition) is 3. The highest BCUT2D eigenvalue weighted by Crippen LogP contribution is 2.19. The summed E-state index contributed by atoms with van der Waals surface area (Å²) in [5, 5.41) is 23.1. The number of esters is 1. The number of amides is 1. The first-order chi connectivity index (χ1) is 42.0. The summed E-state index contributed by atoms with van der Waals surface area (Å²) in [6.45, 7) is 4.93. The minimum atomic E-state index is -0.840. The number of allylic oxidation sites excluding steroid dienone is 5. The van der Waals surface area contributed by atoms with Gasteiger partial charge in [0, 0.05) is 12.8 Å². The highest BCUT2D eigenvalue weighted by Gasteiger charge is 2.18. The van der Waals surface area contributed by atoms with E-state index in [1.54, 1.807) is 6.08 Å². The summed E-state index contributed by atoms with van der Waals surface area (Å²) in [6.07, 6.45) is 97.0. The molecule has 0 aliphatic carbocycles. The highest BCUT2D eigenvalue weighted by atomic mass is 16.5. The third kappa shape index (κ3) is 71.0. The van der Waals surface area contributed by atoms with Gasteiger partial charge in [0.05, 0.1) is 25.4 Å². The lowest BCUT2D eigenvalue weighted by Gasteiger charge is -2.20. The summed E-state index contributed by atoms with van der Waals surface area (Å²) in [4.78, 5) is 24.6. The largest absolute Gasteiger partial charge is 0.466 e. The molecule has 0 bridgehead atoms. The molecule has 0 aliphatic heterocycles. The van der Waals surface area contributed by atoms with E-state index in [2.05, 4.69) is 43.5 Å². The second kappa shape index (κ2) is 74.5. The quantitative estimate of drug-likeness (QED) is 0.0320. The van der Waals surface area contributed by atoms with Gasteiger partial charge < -0.3 is 20.3 Å². The predicted molar refractivity (Wildman–Crippen MR) is 375 cm³/mol. The molecular weight excluding hydrogens is 1040 g/mol. The third-order valence-corrected chi connectivity index (χ3v) is 18.1. The van der Waals surface area contributed by atoms with E-state index < -0.39 is 12.1 Å². The van der Waals surface area contributed by atoms with Crippen molar-refractivity contribution in [1.29, 1.82) is 0 Å². The average Bonchev–Trinajstić information content (AvgIpc) is 3.52. The molecule has 0 radical (unpaired) electrons. The summed E-state index contributed by atoms with van der Waals surface area (Å²) >= 11 is 0. The maximum Gasteiger partial charge on any atom is 0.305 e. The van der Waals surface area contributed by atoms with Gasteiger partial charge in [-0.25, -0.2) is 0 Å². The van der Waals surface area contributed by atoms with Gasteiger partial charge in [0.1, 0.15) is 0 Å². The van der Waals surface area contributed by atoms with Gasteiger partial charge in [-0.15, -0.1) is 0 Å². The monoisotopic (exact) mass is 1190 g/mol. The van der Waals surface area contributed by atoms with Crippen LogP contribution in [0, 0.1) is 0 Å². The highest BCUT2D eigenvalue weighted by molar-refractivity contribution is 5.76. The van der Waals surface area contributed by atoms with Crippen molar-refractivity contribution in [2.24, 2.45) is 0 Å². The molecule has 0 saturated carbocycles. The zero-order chi connectivity index (χ0) is 61.3. The lowest BCUT2D eigenvalue weighted by Crippen LogP contribution is -2.45. The molecule has 0 spiro atoms. The van der Waals surface area contributed by atoms with Crippen LogP contribution in [0.15, 0.2) is 36.5 Å². The van der Waals surface area contributed by atoms with Crippen molar-refractivity contribution in [1.82, 2.24) is 5.32 Å². The zero-order valence-corrected chi connectivity index (χ0v) is 57.6. The Bertz CT molecular complexity index is 1380. The average molecular weight is 1200 g/mol. The number of aliphatic hydroxyl groups excluding tert-OH is 2. The number of carbonyl (C=O) groups excluding carboxylic acids is 2. The van der Waals surface area contributed by atoms with E-state index in [0.717, 1.165) is 38.5 Å². The molecule has 0 heterocycles. The van der Waals surface area contributed by atoms with Crippen LogP contribution in [0.1, 0.15) is 431 Å². The Balaban J connectivity index is 3.31. The van der Waals surface area contributed by atoms with E-state index in [9.17, 15) is 19.8 Å². The van der Waals surface area contributed by atoms with E-state index in [-0.39, 0.29) is 18.5 Å². The predicted octanol–water partition coefficient (Wildman–Crippen LogP) is 25.4. The molecule has 0 aromatic heterocycles. The van der Waals surface area contributed by atoms with Crippen molar-refractivity contribution in [2.75, 3.05) is 13.2 Å². The first-order valence-corrected chi connectivity index (χ1v) is 38.8. The van der Waals surface area contributed by atoms with Crippen LogP contribution < -0.4 is 5.32 Å². The Kier molecular flexibility index (Phi) is 72.9. The van der Waals surface area contributed by atoms with Crippen LogP contribution in [0.3, 0.4) is 0 Å². The summed E-state index contributed by atoms with van der Waals surface area (Å²) in [5.41, 5.74) is 0. The number of hydrogen-bond acceptors (Lipinski definition) is 5. The minimum absolute atomic E-state index is 0.0214. The van der Waals surface area contributed by atoms with Crippen molar-refractivity contribution in [3.63, 3.8) is 0 Å². The minimum Gasteiger partial charge on any atom is -0.466 e. The smallest absolute Gasteiger partial charge is 0.305 e. The Hall–Kier alpha value is -1.92. The Morgan fingerprint density at radius 1 is 0.318 bits per heavy atom. The van der Waals surface area contributed by atoms with Crippen molar-refractivity contribution < 1.29 is 24.5 Å². The first-order valence-electron chi connectivity index (χ1n) is 38.8. The molecule has 0 saturated heterocycles. The molecule has 0 rings (SSSR count). The molecule has 0 aliphatic rings. The van der Waals surface area contributed by atoms with Crippen LogP contribution in [0.2, 0.25) is 0 Å². The van der Waals surface area contributed by atoms with Gasteiger partial charge in [-0.05, 0) is 83.5 Å². The molecule has 85 heavy (non-hydrogen) atoms. The van der Waals surface area contributed by atoms with Crippen LogP contribution in [-0.2, 0) is 14.3 Å². The SMILES string of the molecule is CCCCCCCC/C=C\CCCCCCCCCCCC(=O)OCCCCCCCCCCCCCCCCCC/C=C\CCCCCCCCCCCCCCCCCCCC(=O)NC(CO)C(O)/C=C/CCCCCCCCCCCC. The lowest BCUT2D eigenvalue weighted by atomic mass is 10.0. The molecule has 1 amide bonds. The van der Waals surface area contributed by atoms with Crippen molar-refractivity contribution >= 4 is 11.9 Å². The molecular formula is C79H151NO5. The number of unbranched alkanes of at least 4 members (excludes halogenated alkanes) is 58. The van der Waals surface area contributed by atoms with Crippen LogP contribution in [-0.4, -0.2) is 47.4 Å². The summed E-state index contributed by atoms with van der Waals surface area (Å²) < 4.78 is 5.52. The third-order valence-electron chi connectivity index (χ3n) is 18.1. The second-order valence-electron chi connectivity index (χ2n) is 26.7. The zero-order valence-electron chi connectivity index (χ0n) is 57.6. The Morgan fingerprint density at radius 3 is 0.835 bits per heavy atom.